The van der Waals surface area contributed by atoms with Crippen molar-refractivity contribution in [3.63, 3.8) is 0 Å². The number of methoxy groups -OCH3 is 2. The van der Waals surface area contributed by atoms with Gasteiger partial charge in [-0.1, -0.05) is 0 Å². The quantitative estimate of drug-likeness (QED) is 0.852. The molecule has 0 spiro atoms. The van der Waals surface area contributed by atoms with Crippen molar-refractivity contribution >= 4 is 11.8 Å². The van der Waals surface area contributed by atoms with E-state index in [1.165, 1.54) is 0 Å². The van der Waals surface area contributed by atoms with Crippen LogP contribution in [0.25, 0.3) is 0 Å². The van der Waals surface area contributed by atoms with E-state index in [9.17, 15) is 4.79 Å². The Morgan fingerprint density at radius 2 is 2.11 bits per heavy atom. The summed E-state index contributed by atoms with van der Waals surface area (Å²) in [5.74, 6) is 2.11. The maximum atomic E-state index is 13.0. The van der Waals surface area contributed by atoms with Gasteiger partial charge in [0.25, 0.3) is 0 Å². The second kappa shape index (κ2) is 8.10. The molecular weight excluding hydrogens is 360 g/mol. The van der Waals surface area contributed by atoms with Crippen LogP contribution < -0.4 is 14.8 Å². The average molecular weight is 388 g/mol. The lowest BCUT2D eigenvalue weighted by Gasteiger charge is -2.29. The zero-order valence-corrected chi connectivity index (χ0v) is 17.1. The van der Waals surface area contributed by atoms with Crippen LogP contribution in [0.15, 0.2) is 24.3 Å². The van der Waals surface area contributed by atoms with E-state index in [0.29, 0.717) is 31.9 Å². The van der Waals surface area contributed by atoms with Crippen molar-refractivity contribution in [1.82, 2.24) is 14.7 Å². The van der Waals surface area contributed by atoms with E-state index in [1.807, 2.05) is 45.2 Å². The average Bonchev–Trinajstić information content (AvgIpc) is 2.91. The third kappa shape index (κ3) is 4.56. The molecule has 1 aromatic carbocycles. The Bertz CT molecular complexity index is 847. The van der Waals surface area contributed by atoms with Crippen LogP contribution in [0.5, 0.6) is 11.5 Å². The molecule has 0 radical (unpaired) electrons. The minimum atomic E-state index is -0.537. The number of benzene rings is 1. The smallest absolute Gasteiger partial charge is 0.323 e. The van der Waals surface area contributed by atoms with E-state index < -0.39 is 5.60 Å². The highest BCUT2D eigenvalue weighted by Crippen LogP contribution is 2.32. The molecule has 28 heavy (non-hydrogen) atoms. The van der Waals surface area contributed by atoms with Crippen LogP contribution in [0.1, 0.15) is 25.1 Å². The van der Waals surface area contributed by atoms with Crippen molar-refractivity contribution in [2.24, 2.45) is 7.05 Å². The van der Waals surface area contributed by atoms with Gasteiger partial charge in [0.05, 0.1) is 32.5 Å². The number of carbonyl (C=O) groups excluding carboxylic acids is 1. The predicted molar refractivity (Wildman–Crippen MR) is 106 cm³/mol. The zero-order valence-electron chi connectivity index (χ0n) is 17.1. The molecule has 0 saturated carbocycles. The van der Waals surface area contributed by atoms with E-state index in [4.69, 9.17) is 14.2 Å². The molecule has 2 heterocycles. The van der Waals surface area contributed by atoms with Gasteiger partial charge in [-0.3, -0.25) is 10.00 Å². The van der Waals surface area contributed by atoms with Crippen LogP contribution in [-0.2, 0) is 24.8 Å². The number of urea groups is 1. The number of anilines is 1. The summed E-state index contributed by atoms with van der Waals surface area (Å²) in [7, 11) is 5.09. The zero-order chi connectivity index (χ0) is 20.3. The maximum Gasteiger partial charge on any atom is 0.323 e. The van der Waals surface area contributed by atoms with Crippen LogP contribution in [0.2, 0.25) is 0 Å². The number of ether oxygens (including phenoxy) is 3. The molecule has 0 bridgehead atoms. The molecule has 3 rings (SSSR count). The first-order valence-electron chi connectivity index (χ1n) is 9.25. The summed E-state index contributed by atoms with van der Waals surface area (Å²) < 4.78 is 18.2. The lowest BCUT2D eigenvalue weighted by molar-refractivity contribution is 0.0832. The Labute approximate surface area is 165 Å². The third-order valence-corrected chi connectivity index (χ3v) is 4.61. The molecular formula is C20H28N4O4. The number of aryl methyl sites for hydroxylation is 1. The molecule has 8 nitrogen and oxygen atoms in total. The second-order valence-corrected chi connectivity index (χ2v) is 7.51. The molecule has 1 aromatic heterocycles. The van der Waals surface area contributed by atoms with Gasteiger partial charge in [0, 0.05) is 38.3 Å². The Balaban J connectivity index is 1.78. The summed E-state index contributed by atoms with van der Waals surface area (Å²) >= 11 is 0. The molecule has 2 amide bonds. The van der Waals surface area contributed by atoms with E-state index in [2.05, 4.69) is 10.4 Å². The molecule has 0 aliphatic carbocycles. The van der Waals surface area contributed by atoms with Gasteiger partial charge in [-0.05, 0) is 26.0 Å². The molecule has 0 atom stereocenters. The fraction of sp³-hybridized carbons (Fsp3) is 0.500. The predicted octanol–water partition coefficient (Wildman–Crippen LogP) is 2.82. The Morgan fingerprint density at radius 1 is 1.32 bits per heavy atom. The summed E-state index contributed by atoms with van der Waals surface area (Å²) in [4.78, 5) is 14.7. The SMILES string of the molecule is COCCc1cc(NC(=O)N2Cc3ccc(OC)cc3OC(C)(C)C2)n(C)n1. The lowest BCUT2D eigenvalue weighted by atomic mass is 10.1. The number of rotatable bonds is 5. The largest absolute Gasteiger partial charge is 0.497 e. The van der Waals surface area contributed by atoms with Gasteiger partial charge in [0.1, 0.15) is 22.9 Å². The van der Waals surface area contributed by atoms with E-state index in [0.717, 1.165) is 22.8 Å². The van der Waals surface area contributed by atoms with Crippen molar-refractivity contribution in [3.05, 3.63) is 35.5 Å². The van der Waals surface area contributed by atoms with E-state index in [-0.39, 0.29) is 6.03 Å². The van der Waals surface area contributed by atoms with Crippen LogP contribution in [-0.4, -0.2) is 53.7 Å². The van der Waals surface area contributed by atoms with Gasteiger partial charge in [0.2, 0.25) is 0 Å². The number of hydrogen-bond donors (Lipinski definition) is 1. The number of hydrogen-bond acceptors (Lipinski definition) is 5. The van der Waals surface area contributed by atoms with Gasteiger partial charge in [0.15, 0.2) is 0 Å². The minimum Gasteiger partial charge on any atom is -0.497 e. The molecule has 8 heteroatoms. The fourth-order valence-electron chi connectivity index (χ4n) is 3.24. The topological polar surface area (TPSA) is 77.9 Å². The molecule has 1 aliphatic rings. The Hall–Kier alpha value is -2.74. The highest BCUT2D eigenvalue weighted by molar-refractivity contribution is 5.88. The molecule has 1 aliphatic heterocycles. The second-order valence-electron chi connectivity index (χ2n) is 7.51. The maximum absolute atomic E-state index is 13.0. The van der Waals surface area contributed by atoms with E-state index in [1.54, 1.807) is 23.8 Å². The highest BCUT2D eigenvalue weighted by atomic mass is 16.5. The van der Waals surface area contributed by atoms with Crippen molar-refractivity contribution in [2.45, 2.75) is 32.4 Å². The monoisotopic (exact) mass is 388 g/mol. The normalized spacial score (nSPS) is 15.4. The first-order chi connectivity index (χ1) is 13.3. The summed E-state index contributed by atoms with van der Waals surface area (Å²) in [5, 5.41) is 7.38. The van der Waals surface area contributed by atoms with Crippen LogP contribution in [0.4, 0.5) is 10.6 Å². The molecule has 0 fully saturated rings. The van der Waals surface area contributed by atoms with Crippen LogP contribution in [0.3, 0.4) is 0 Å². The molecule has 0 unspecified atom stereocenters. The van der Waals surface area contributed by atoms with Crippen molar-refractivity contribution in [3.8, 4) is 11.5 Å². The number of aromatic nitrogens is 2. The number of nitrogens with zero attached hydrogens (tertiary/aromatic N) is 3. The molecule has 152 valence electrons. The van der Waals surface area contributed by atoms with Gasteiger partial charge >= 0.3 is 6.03 Å². The van der Waals surface area contributed by atoms with Crippen molar-refractivity contribution in [2.75, 3.05) is 32.7 Å². The molecule has 2 aromatic rings. The Morgan fingerprint density at radius 3 is 2.82 bits per heavy atom. The Kier molecular flexibility index (Phi) is 5.79. The van der Waals surface area contributed by atoms with Crippen LogP contribution in [0, 0.1) is 0 Å². The number of fused-ring (bicyclic) bond motifs is 1. The number of carbonyl (C=O) groups is 1. The van der Waals surface area contributed by atoms with Gasteiger partial charge in [-0.15, -0.1) is 0 Å². The molecule has 0 saturated heterocycles. The van der Waals surface area contributed by atoms with Crippen LogP contribution >= 0.6 is 0 Å². The van der Waals surface area contributed by atoms with Gasteiger partial charge < -0.3 is 19.1 Å². The fourth-order valence-corrected chi connectivity index (χ4v) is 3.24. The third-order valence-electron chi connectivity index (χ3n) is 4.61. The van der Waals surface area contributed by atoms with Gasteiger partial charge in [-0.2, -0.15) is 5.10 Å². The summed E-state index contributed by atoms with van der Waals surface area (Å²) in [5.41, 5.74) is 1.27. The van der Waals surface area contributed by atoms with Gasteiger partial charge in [-0.25, -0.2) is 4.79 Å². The summed E-state index contributed by atoms with van der Waals surface area (Å²) in [6, 6.07) is 7.35. The van der Waals surface area contributed by atoms with Crippen molar-refractivity contribution in [1.29, 1.82) is 0 Å². The van der Waals surface area contributed by atoms with E-state index >= 15 is 0 Å². The first-order valence-corrected chi connectivity index (χ1v) is 9.25. The highest BCUT2D eigenvalue weighted by Gasteiger charge is 2.32. The first kappa shape index (κ1) is 20.0. The lowest BCUT2D eigenvalue weighted by Crippen LogP contribution is -2.45. The molecule has 1 N–H and O–H groups in total. The standard InChI is InChI=1S/C20H28N4O4/c1-20(2)13-24(12-14-6-7-16(27-5)11-17(14)28-20)19(25)21-18-10-15(8-9-26-4)22-23(18)3/h6-7,10-11H,8-9,12-13H2,1-5H3,(H,21,25). The summed E-state index contributed by atoms with van der Waals surface area (Å²) in [6.07, 6.45) is 0.694. The number of amides is 2. The number of nitrogens with one attached hydrogen (secondary N) is 1. The van der Waals surface area contributed by atoms with Crippen molar-refractivity contribution < 1.29 is 19.0 Å². The summed E-state index contributed by atoms with van der Waals surface area (Å²) in [6.45, 7) is 5.42. The minimum absolute atomic E-state index is 0.193.